The first kappa shape index (κ1) is 28.6. The van der Waals surface area contributed by atoms with E-state index in [1.54, 1.807) is 13.8 Å². The topological polar surface area (TPSA) is 130 Å². The minimum absolute atomic E-state index is 0.0494. The van der Waals surface area contributed by atoms with Gasteiger partial charge in [0.25, 0.3) is 0 Å². The highest BCUT2D eigenvalue weighted by Gasteiger charge is 2.29. The molecule has 38 heavy (non-hydrogen) atoms. The van der Waals surface area contributed by atoms with Crippen molar-refractivity contribution < 1.29 is 23.7 Å². The minimum Gasteiger partial charge on any atom is -0.361 e. The third-order valence-corrected chi connectivity index (χ3v) is 5.90. The zero-order valence-electron chi connectivity index (χ0n) is 22.6. The van der Waals surface area contributed by atoms with Crippen molar-refractivity contribution in [1.82, 2.24) is 21.1 Å². The first-order valence-corrected chi connectivity index (χ1v) is 12.7. The number of hydrogen-bond acceptors (Lipinski definition) is 6. The monoisotopic (exact) mass is 520 g/mol. The summed E-state index contributed by atoms with van der Waals surface area (Å²) in [5.41, 5.74) is 0.623. The van der Waals surface area contributed by atoms with Crippen molar-refractivity contribution in [2.45, 2.75) is 72.0 Å². The molecule has 1 aromatic heterocycles. The first-order valence-electron chi connectivity index (χ1n) is 12.7. The summed E-state index contributed by atoms with van der Waals surface area (Å²) >= 11 is 0. The van der Waals surface area contributed by atoms with Gasteiger partial charge in [-0.3, -0.25) is 19.2 Å². The predicted molar refractivity (Wildman–Crippen MR) is 144 cm³/mol. The van der Waals surface area contributed by atoms with Gasteiger partial charge in [-0.25, -0.2) is 0 Å². The number of fused-ring (bicyclic) bond motifs is 1. The molecule has 0 aliphatic heterocycles. The molecule has 3 N–H and O–H groups in total. The molecule has 0 spiro atoms. The summed E-state index contributed by atoms with van der Waals surface area (Å²) in [7, 11) is 0. The fourth-order valence-electron chi connectivity index (χ4n) is 4.18. The number of carbonyl (C=O) groups excluding carboxylic acids is 4. The highest BCUT2D eigenvalue weighted by atomic mass is 16.5. The number of nitrogens with one attached hydrogen (secondary N) is 3. The van der Waals surface area contributed by atoms with E-state index in [4.69, 9.17) is 4.52 Å². The van der Waals surface area contributed by atoms with Crippen LogP contribution in [0, 0.1) is 12.8 Å². The molecule has 0 bridgehead atoms. The molecular weight excluding hydrogens is 484 g/mol. The van der Waals surface area contributed by atoms with Crippen LogP contribution in [-0.2, 0) is 20.9 Å². The van der Waals surface area contributed by atoms with E-state index in [9.17, 15) is 19.2 Å². The van der Waals surface area contributed by atoms with Gasteiger partial charge >= 0.3 is 0 Å². The van der Waals surface area contributed by atoms with E-state index in [0.717, 1.165) is 16.3 Å². The Hall–Kier alpha value is -4.01. The molecule has 2 aromatic carbocycles. The van der Waals surface area contributed by atoms with Crippen molar-refractivity contribution in [1.29, 1.82) is 0 Å². The van der Waals surface area contributed by atoms with Gasteiger partial charge < -0.3 is 20.5 Å². The lowest BCUT2D eigenvalue weighted by molar-refractivity contribution is -0.131. The Labute approximate surface area is 222 Å². The van der Waals surface area contributed by atoms with Crippen LogP contribution in [0.1, 0.15) is 68.8 Å². The third kappa shape index (κ3) is 8.54. The van der Waals surface area contributed by atoms with E-state index in [-0.39, 0.29) is 36.8 Å². The molecule has 9 nitrogen and oxygen atoms in total. The fourth-order valence-corrected chi connectivity index (χ4v) is 4.18. The normalized spacial score (nSPS) is 13.0. The molecule has 3 aromatic rings. The zero-order chi connectivity index (χ0) is 27.9. The van der Waals surface area contributed by atoms with Gasteiger partial charge in [-0.1, -0.05) is 47.6 Å². The molecule has 0 fully saturated rings. The van der Waals surface area contributed by atoms with Crippen LogP contribution in [0.2, 0.25) is 0 Å². The minimum atomic E-state index is -0.928. The summed E-state index contributed by atoms with van der Waals surface area (Å²) in [4.78, 5) is 51.0. The molecule has 0 saturated heterocycles. The molecule has 9 heteroatoms. The van der Waals surface area contributed by atoms with E-state index in [0.29, 0.717) is 12.3 Å². The van der Waals surface area contributed by atoms with Crippen LogP contribution in [0.3, 0.4) is 0 Å². The maximum atomic E-state index is 13.1. The molecule has 0 unspecified atom stereocenters. The lowest BCUT2D eigenvalue weighted by atomic mass is 9.94. The van der Waals surface area contributed by atoms with Crippen LogP contribution < -0.4 is 16.0 Å². The van der Waals surface area contributed by atoms with Crippen LogP contribution in [0.15, 0.2) is 53.1 Å². The van der Waals surface area contributed by atoms with Crippen LogP contribution in [-0.4, -0.2) is 40.2 Å². The molecule has 202 valence electrons. The van der Waals surface area contributed by atoms with E-state index in [2.05, 4.69) is 21.1 Å². The second kappa shape index (κ2) is 12.5. The molecule has 0 radical (unpaired) electrons. The first-order chi connectivity index (χ1) is 17.9. The third-order valence-electron chi connectivity index (χ3n) is 5.90. The lowest BCUT2D eigenvalue weighted by Crippen LogP contribution is -2.45. The van der Waals surface area contributed by atoms with Gasteiger partial charge in [0, 0.05) is 43.5 Å². The standard InChI is InChI=1S/C29H36N4O5/c1-18(13-26(35)30-17-21-11-8-10-20-9-6-7-12-23(20)21)31-28(37)22(16-27(36)32-29(3,4)5)15-25(34)24-14-19(2)38-33-24/h6-12,14,18,22H,13,15-17H2,1-5H3,(H,30,35)(H,31,37)(H,32,36)/t18-,22-/m0/s1. The van der Waals surface area contributed by atoms with Crippen molar-refractivity contribution in [2.75, 3.05) is 0 Å². The summed E-state index contributed by atoms with van der Waals surface area (Å²) in [6, 6.07) is 14.9. The van der Waals surface area contributed by atoms with Gasteiger partial charge in [0.15, 0.2) is 5.78 Å². The van der Waals surface area contributed by atoms with Gasteiger partial charge in [-0.15, -0.1) is 0 Å². The smallest absolute Gasteiger partial charge is 0.224 e. The molecular formula is C29H36N4O5. The number of benzene rings is 2. The summed E-state index contributed by atoms with van der Waals surface area (Å²) < 4.78 is 4.97. The summed E-state index contributed by atoms with van der Waals surface area (Å²) in [6.45, 7) is 9.25. The number of hydrogen-bond donors (Lipinski definition) is 3. The SMILES string of the molecule is Cc1cc(C(=O)C[C@@H](CC(=O)NC(C)(C)C)C(=O)N[C@@H](C)CC(=O)NCc2cccc3ccccc23)no1. The van der Waals surface area contributed by atoms with Crippen LogP contribution in [0.5, 0.6) is 0 Å². The van der Waals surface area contributed by atoms with E-state index in [1.807, 2.05) is 63.2 Å². The maximum Gasteiger partial charge on any atom is 0.224 e. The Bertz CT molecular complexity index is 1300. The molecule has 1 heterocycles. The fraction of sp³-hybridized carbons (Fsp3) is 0.414. The number of ketones is 1. The number of amides is 3. The highest BCUT2D eigenvalue weighted by molar-refractivity contribution is 5.98. The lowest BCUT2D eigenvalue weighted by Gasteiger charge is -2.23. The van der Waals surface area contributed by atoms with Crippen molar-refractivity contribution in [3.8, 4) is 0 Å². The Morgan fingerprint density at radius 2 is 1.66 bits per heavy atom. The number of nitrogens with zero attached hydrogens (tertiary/aromatic N) is 1. The number of carbonyl (C=O) groups is 4. The van der Waals surface area contributed by atoms with Gasteiger partial charge in [0.05, 0.1) is 5.92 Å². The van der Waals surface area contributed by atoms with Gasteiger partial charge in [-0.2, -0.15) is 0 Å². The Kier molecular flexibility index (Phi) is 9.39. The van der Waals surface area contributed by atoms with E-state index < -0.39 is 29.2 Å². The Morgan fingerprint density at radius 1 is 0.947 bits per heavy atom. The van der Waals surface area contributed by atoms with E-state index in [1.165, 1.54) is 6.07 Å². The van der Waals surface area contributed by atoms with Crippen LogP contribution in [0.25, 0.3) is 10.8 Å². The quantitative estimate of drug-likeness (QED) is 0.329. The molecule has 3 amide bonds. The molecule has 0 aliphatic carbocycles. The largest absolute Gasteiger partial charge is 0.361 e. The molecule has 0 aliphatic rings. The van der Waals surface area contributed by atoms with Crippen molar-refractivity contribution >= 4 is 34.3 Å². The summed E-state index contributed by atoms with van der Waals surface area (Å²) in [5.74, 6) is -1.89. The number of aryl methyl sites for hydroxylation is 1. The second-order valence-electron chi connectivity index (χ2n) is 10.7. The van der Waals surface area contributed by atoms with Gasteiger partial charge in [0.1, 0.15) is 11.5 Å². The molecule has 2 atom stereocenters. The predicted octanol–water partition coefficient (Wildman–Crippen LogP) is 3.84. The number of Topliss-reactive ketones (excluding diaryl/α,β-unsaturated/α-hetero) is 1. The zero-order valence-corrected chi connectivity index (χ0v) is 22.6. The average Bonchev–Trinajstić information content (AvgIpc) is 3.27. The summed E-state index contributed by atoms with van der Waals surface area (Å²) in [6.07, 6.45) is -0.338. The highest BCUT2D eigenvalue weighted by Crippen LogP contribution is 2.19. The van der Waals surface area contributed by atoms with Crippen molar-refractivity contribution in [2.24, 2.45) is 5.92 Å². The maximum absolute atomic E-state index is 13.1. The van der Waals surface area contributed by atoms with Crippen LogP contribution >= 0.6 is 0 Å². The van der Waals surface area contributed by atoms with Crippen molar-refractivity contribution in [3.63, 3.8) is 0 Å². The van der Waals surface area contributed by atoms with E-state index >= 15 is 0 Å². The molecule has 0 saturated carbocycles. The van der Waals surface area contributed by atoms with Crippen LogP contribution in [0.4, 0.5) is 0 Å². The van der Waals surface area contributed by atoms with Gasteiger partial charge in [0.2, 0.25) is 17.7 Å². The Balaban J connectivity index is 1.59. The number of rotatable bonds is 11. The van der Waals surface area contributed by atoms with Gasteiger partial charge in [-0.05, 0) is 51.0 Å². The average molecular weight is 521 g/mol. The van der Waals surface area contributed by atoms with Crippen molar-refractivity contribution in [3.05, 3.63) is 65.5 Å². The Morgan fingerprint density at radius 3 is 2.34 bits per heavy atom. The number of aromatic nitrogens is 1. The summed E-state index contributed by atoms with van der Waals surface area (Å²) in [5, 5.41) is 14.4. The second-order valence-corrected chi connectivity index (χ2v) is 10.7. The molecule has 3 rings (SSSR count).